The summed E-state index contributed by atoms with van der Waals surface area (Å²) in [5, 5.41) is 24.7. The topological polar surface area (TPSA) is 321 Å². The van der Waals surface area contributed by atoms with Crippen LogP contribution in [0.2, 0.25) is 0 Å². The number of Topliss-reactive ketones (excluding diaryl/α,β-unsaturated/α-hetero) is 1. The Hall–Kier alpha value is -8.43. The van der Waals surface area contributed by atoms with Crippen molar-refractivity contribution in [3.8, 4) is 33.5 Å². The van der Waals surface area contributed by atoms with Gasteiger partial charge in [-0.15, -0.1) is 0 Å². The molecule has 24 nitrogen and oxygen atoms in total. The van der Waals surface area contributed by atoms with E-state index >= 15 is 0 Å². The van der Waals surface area contributed by atoms with Crippen LogP contribution in [0.15, 0.2) is 136 Å². The fourth-order valence-electron chi connectivity index (χ4n) is 15.2. The van der Waals surface area contributed by atoms with E-state index in [4.69, 9.17) is 29.5 Å². The van der Waals surface area contributed by atoms with Crippen LogP contribution in [0.5, 0.6) is 0 Å². The number of H-pyrrole nitrogens is 2. The number of aromatic amines is 2. The normalized spacial score (nSPS) is 17.5. The second-order valence-corrected chi connectivity index (χ2v) is 29.2. The van der Waals surface area contributed by atoms with E-state index in [1.807, 2.05) is 75.3 Å². The van der Waals surface area contributed by atoms with Crippen molar-refractivity contribution in [3.05, 3.63) is 155 Å². The summed E-state index contributed by atoms with van der Waals surface area (Å²) >= 11 is 0. The third kappa shape index (κ3) is 22.2. The van der Waals surface area contributed by atoms with Gasteiger partial charge in [-0.3, -0.25) is 29.2 Å². The fourth-order valence-corrected chi connectivity index (χ4v) is 15.2. The maximum Gasteiger partial charge on any atom is 0.407 e. The van der Waals surface area contributed by atoms with Gasteiger partial charge in [0, 0.05) is 54.2 Å². The number of aromatic nitrogens is 4. The number of ketones is 1. The second kappa shape index (κ2) is 42.8. The molecule has 6 atom stereocenters. The van der Waals surface area contributed by atoms with E-state index in [2.05, 4.69) is 120 Å². The first kappa shape index (κ1) is 95.2. The van der Waals surface area contributed by atoms with Crippen molar-refractivity contribution in [2.45, 2.75) is 161 Å². The number of fused-ring (bicyclic) bond motifs is 4. The number of alkyl carbamates (subject to hydrolysis) is 3. The van der Waals surface area contributed by atoms with Gasteiger partial charge in [0.15, 0.2) is 5.78 Å². The van der Waals surface area contributed by atoms with Crippen molar-refractivity contribution >= 4 is 191 Å². The molecule has 3 saturated heterocycles. The Balaban J connectivity index is 0.000000355. The summed E-state index contributed by atoms with van der Waals surface area (Å²) in [7, 11) is 3.75. The Bertz CT molecular complexity index is 4870. The lowest BCUT2D eigenvalue weighted by molar-refractivity contribution is -0.140. The zero-order valence-corrected chi connectivity index (χ0v) is 72.0. The molecule has 0 radical (unpaired) electrons. The minimum atomic E-state index is -1.06. The molecular weight excluding hydrogens is 1570 g/mol. The van der Waals surface area contributed by atoms with E-state index in [0.717, 1.165) is 117 Å². The first-order valence-electron chi connectivity index (χ1n) is 36.9. The van der Waals surface area contributed by atoms with Gasteiger partial charge in [0.05, 0.1) is 74.4 Å². The maximum atomic E-state index is 13.7. The molecule has 113 heavy (non-hydrogen) atoms. The third-order valence-electron chi connectivity index (χ3n) is 21.2. The molecule has 4 fully saturated rings. The Morgan fingerprint density at radius 3 is 1.51 bits per heavy atom. The molecule has 31 heteroatoms. The number of ether oxygens (including phenoxy) is 3. The van der Waals surface area contributed by atoms with Crippen LogP contribution >= 0.6 is 94.5 Å². The number of likely N-dealkylation sites (tertiary alicyclic amines) is 2. The van der Waals surface area contributed by atoms with E-state index in [1.54, 1.807) is 18.7 Å². The highest BCUT2D eigenvalue weighted by Gasteiger charge is 2.41. The SMILES string of the molecule is COC(=O)N[C@H](C(=O)N1CCC[C@H]1C1=NC=C(c2ccc3cc(-c4ccc5c(c4)C(=O)CC([C@@H]4CCCN4C(=O)[C@@H](NC(=O)OC)C(C)C)=N5)ccc3c2)C1)C(C)C.COC(=O)N[C@H](C(=O)O)C(C)C.O=c1[nH]c([C@@H]2CCCN2)nc2ccc(-c3ccc4cc(-c5cnc(C6CCCC6)[nH]5)ccc4c3)cc12.S.S.S.S.S.S.S. The summed E-state index contributed by atoms with van der Waals surface area (Å²) in [4.78, 5) is 128. The highest BCUT2D eigenvalue weighted by Crippen LogP contribution is 2.39. The molecule has 7 heterocycles. The van der Waals surface area contributed by atoms with Crippen LogP contribution in [0.4, 0.5) is 20.1 Å². The molecule has 2 aromatic heterocycles. The summed E-state index contributed by atoms with van der Waals surface area (Å²) in [6.45, 7) is 13.1. The van der Waals surface area contributed by atoms with Gasteiger partial charge in [-0.05, 0) is 179 Å². The Labute approximate surface area is 708 Å². The number of amides is 5. The number of carbonyl (C=O) groups excluding carboxylic acids is 6. The zero-order valence-electron chi connectivity index (χ0n) is 65.0. The first-order chi connectivity index (χ1) is 51.1. The minimum Gasteiger partial charge on any atom is -0.480 e. The van der Waals surface area contributed by atoms with Crippen LogP contribution in [0, 0.1) is 17.8 Å². The van der Waals surface area contributed by atoms with Crippen LogP contribution in [-0.4, -0.2) is 159 Å². The molecule has 5 amide bonds. The number of rotatable bonds is 17. The molecule has 0 spiro atoms. The number of nitrogens with one attached hydrogen (secondary N) is 6. The molecule has 0 bridgehead atoms. The predicted molar refractivity (Wildman–Crippen MR) is 482 cm³/mol. The van der Waals surface area contributed by atoms with Gasteiger partial charge in [0.2, 0.25) is 11.8 Å². The number of hydrogen-bond donors (Lipinski definition) is 7. The molecule has 6 aliphatic rings. The molecule has 5 aliphatic heterocycles. The van der Waals surface area contributed by atoms with Crippen molar-refractivity contribution in [2.75, 3.05) is 41.0 Å². The molecular formula is C82H108N12O12S7. The standard InChI is InChI=1S/C45H52N6O7.C30H29N5O.C7H13NO4.7H2S/c1-25(2)40(48-44(55)57-5)42(53)50-17-7-9-37(50)35-22-32(24-46-35)30-14-13-27-19-29(12-11-28(27)20-30)31-15-16-34-33(21-31)39(52)23-36(47-34)38-10-8-18-51(38)43(54)41(26(3)4)49-45(56)58-6;36-30-24-16-22(11-12-25(24)33-29(35-30)26-6-3-13-31-26)20-7-8-21-15-23(10-9-19(21)14-20)27-17-32-28(34-27)18-4-1-2-5-18;1-4(2)5(6(9)10)8-7(11)12-3;;;;;;;/h11-16,19-21,24-26,37-38,40-41H,7-10,17-18,22-23H2,1-6H3,(H,48,55)(H,49,56);7-12,14-18,26,31H,1-6,13H2,(H,32,34)(H,33,35,36);4-5H,1-3H3,(H,8,11)(H,9,10);7*1H2/t37-,38-,40-,41-;26-;5-;;;;;;;/m000......./s1. The predicted octanol–water partition coefficient (Wildman–Crippen LogP) is 14.6. The Morgan fingerprint density at radius 2 is 0.991 bits per heavy atom. The number of carbonyl (C=O) groups is 7. The summed E-state index contributed by atoms with van der Waals surface area (Å²) in [5.41, 5.74) is 11.8. The minimum absolute atomic E-state index is 0. The molecule has 7 N–H and O–H groups in total. The lowest BCUT2D eigenvalue weighted by Gasteiger charge is -2.32. The van der Waals surface area contributed by atoms with Crippen molar-refractivity contribution in [2.24, 2.45) is 27.7 Å². The van der Waals surface area contributed by atoms with Crippen LogP contribution in [0.25, 0.3) is 71.5 Å². The van der Waals surface area contributed by atoms with Crippen molar-refractivity contribution in [3.63, 3.8) is 0 Å². The van der Waals surface area contributed by atoms with E-state index in [0.29, 0.717) is 54.2 Å². The highest BCUT2D eigenvalue weighted by atomic mass is 32.1. The van der Waals surface area contributed by atoms with E-state index in [-0.39, 0.29) is 160 Å². The number of aliphatic carboxylic acids is 1. The number of nitrogens with zero attached hydrogens (tertiary/aromatic N) is 6. The van der Waals surface area contributed by atoms with Crippen LogP contribution in [-0.2, 0) is 28.6 Å². The van der Waals surface area contributed by atoms with Crippen LogP contribution < -0.4 is 26.8 Å². The summed E-state index contributed by atoms with van der Waals surface area (Å²) < 4.78 is 13.8. The van der Waals surface area contributed by atoms with E-state index in [9.17, 15) is 38.4 Å². The molecule has 1 saturated carbocycles. The van der Waals surface area contributed by atoms with Gasteiger partial charge in [0.1, 0.15) is 29.8 Å². The van der Waals surface area contributed by atoms with Crippen molar-refractivity contribution in [1.29, 1.82) is 0 Å². The van der Waals surface area contributed by atoms with Gasteiger partial charge >= 0.3 is 24.2 Å². The van der Waals surface area contributed by atoms with Gasteiger partial charge in [-0.2, -0.15) is 94.5 Å². The average Bonchev–Trinajstić information content (AvgIpc) is 1.73. The lowest BCUT2D eigenvalue weighted by atomic mass is 9.91. The number of benzene rings is 6. The van der Waals surface area contributed by atoms with E-state index in [1.165, 1.54) is 57.8 Å². The highest BCUT2D eigenvalue weighted by molar-refractivity contribution is 7.60. The average molecular weight is 1680 g/mol. The Kier molecular flexibility index (Phi) is 36.0. The monoisotopic (exact) mass is 1680 g/mol. The fraction of sp³-hybridized carbons (Fsp3) is 0.415. The van der Waals surface area contributed by atoms with E-state index < -0.39 is 42.4 Å². The molecule has 6 aromatic carbocycles. The number of allylic oxidation sites excluding steroid dienone is 1. The second-order valence-electron chi connectivity index (χ2n) is 29.2. The number of aliphatic imine (C=N–C) groups is 2. The number of methoxy groups -OCH3 is 3. The summed E-state index contributed by atoms with van der Waals surface area (Å²) in [6.07, 6.45) is 13.0. The Morgan fingerprint density at radius 1 is 0.513 bits per heavy atom. The zero-order chi connectivity index (χ0) is 75.0. The quantitative estimate of drug-likeness (QED) is 0.0417. The van der Waals surface area contributed by atoms with Crippen molar-refractivity contribution in [1.82, 2.24) is 51.0 Å². The molecule has 0 unspecified atom stereocenters. The summed E-state index contributed by atoms with van der Waals surface area (Å²) in [5.74, 6) is 0.636. The smallest absolute Gasteiger partial charge is 0.407 e. The van der Waals surface area contributed by atoms with Crippen molar-refractivity contribution < 1.29 is 52.9 Å². The van der Waals surface area contributed by atoms with Crippen LogP contribution in [0.3, 0.4) is 0 Å². The number of carboxylic acids is 1. The number of hydrogen-bond acceptors (Lipinski definition) is 16. The van der Waals surface area contributed by atoms with Gasteiger partial charge < -0.3 is 60.4 Å². The van der Waals surface area contributed by atoms with Gasteiger partial charge in [-0.1, -0.05) is 115 Å². The largest absolute Gasteiger partial charge is 0.480 e. The molecule has 610 valence electrons. The van der Waals surface area contributed by atoms with Gasteiger partial charge in [0.25, 0.3) is 5.56 Å². The third-order valence-corrected chi connectivity index (χ3v) is 21.2. The lowest BCUT2D eigenvalue weighted by Crippen LogP contribution is -2.54. The molecule has 14 rings (SSSR count). The van der Waals surface area contributed by atoms with Crippen LogP contribution in [0.1, 0.15) is 158 Å². The molecule has 1 aliphatic carbocycles. The molecule has 8 aromatic rings. The van der Waals surface area contributed by atoms with Gasteiger partial charge in [-0.25, -0.2) is 29.1 Å². The first-order valence-corrected chi connectivity index (χ1v) is 36.9. The summed E-state index contributed by atoms with van der Waals surface area (Å²) in [6, 6.07) is 34.8. The number of carboxylic acid groups (broad SMARTS) is 1. The number of imidazole rings is 1. The maximum absolute atomic E-state index is 13.7.